The average molecular weight is 1630 g/mol. The smallest absolute Gasteiger partial charge is 0.220 e. The van der Waals surface area contributed by atoms with E-state index in [1.165, 1.54) is 173 Å². The number of hydrogen-bond donors (Lipinski definition) is 12. The number of hydrogen-bond acceptors (Lipinski definition) is 18. The lowest BCUT2D eigenvalue weighted by Crippen LogP contribution is -2.66. The molecule has 664 valence electrons. The number of rotatable bonds is 72. The molecule has 3 fully saturated rings. The Bertz CT molecular complexity index is 2720. The minimum absolute atomic E-state index is 0.178. The fourth-order valence-electron chi connectivity index (χ4n) is 14.4. The van der Waals surface area contributed by atoms with Crippen molar-refractivity contribution in [3.63, 3.8) is 0 Å². The Kier molecular flexibility index (Phi) is 67.6. The Labute approximate surface area is 701 Å². The van der Waals surface area contributed by atoms with Gasteiger partial charge in [-0.3, -0.25) is 4.79 Å². The molecule has 12 N–H and O–H groups in total. The molecule has 1 amide bonds. The van der Waals surface area contributed by atoms with E-state index in [2.05, 4.69) is 165 Å². The quantitative estimate of drug-likeness (QED) is 0.0199. The predicted octanol–water partition coefficient (Wildman–Crippen LogP) is 17.9. The average Bonchev–Trinajstić information content (AvgIpc) is 0.779. The van der Waals surface area contributed by atoms with Crippen LogP contribution in [-0.2, 0) is 33.2 Å². The summed E-state index contributed by atoms with van der Waals surface area (Å²) in [5, 5.41) is 121. The highest BCUT2D eigenvalue weighted by molar-refractivity contribution is 5.76. The van der Waals surface area contributed by atoms with Gasteiger partial charge in [0.1, 0.15) is 73.2 Å². The summed E-state index contributed by atoms with van der Waals surface area (Å²) in [7, 11) is 0. The molecular formula is C97H163NO18. The van der Waals surface area contributed by atoms with E-state index >= 15 is 0 Å². The first kappa shape index (κ1) is 106. The van der Waals surface area contributed by atoms with Crippen molar-refractivity contribution in [3.8, 4) is 0 Å². The van der Waals surface area contributed by atoms with Crippen molar-refractivity contribution >= 4 is 5.91 Å². The van der Waals surface area contributed by atoms with E-state index in [1.54, 1.807) is 6.08 Å². The third kappa shape index (κ3) is 51.9. The van der Waals surface area contributed by atoms with Crippen LogP contribution in [0.4, 0.5) is 0 Å². The van der Waals surface area contributed by atoms with Gasteiger partial charge in [0, 0.05) is 6.42 Å². The Morgan fingerprint density at radius 1 is 0.319 bits per heavy atom. The highest BCUT2D eigenvalue weighted by Crippen LogP contribution is 2.33. The SMILES string of the molecule is CC/C=C\C/C=C\C/C=C\C/C=C\C/C=C\C/C=C\C/C=C\C/C=C\C/C=C\C/C=C\C/C=C\C/C=C\CCCCC(=O)NC(COC1OC(CO)C(OC2OC(CO)C(OC3OC(CO)C(O)C(O)C3O)C(O)C2O)C(O)C1O)C(O)/C=C/CCCCCCCCCCCCCCCCCCCCCCCCCCCCCCCC. The van der Waals surface area contributed by atoms with Crippen LogP contribution in [0.2, 0.25) is 0 Å². The molecule has 0 aromatic rings. The zero-order chi connectivity index (χ0) is 83.8. The Morgan fingerprint density at radius 2 is 0.595 bits per heavy atom. The van der Waals surface area contributed by atoms with E-state index in [0.717, 1.165) is 116 Å². The molecular weight excluding hydrogens is 1470 g/mol. The van der Waals surface area contributed by atoms with Gasteiger partial charge >= 0.3 is 0 Å². The molecule has 0 spiro atoms. The van der Waals surface area contributed by atoms with Crippen molar-refractivity contribution in [2.24, 2.45) is 0 Å². The second-order valence-corrected chi connectivity index (χ2v) is 31.7. The zero-order valence-corrected chi connectivity index (χ0v) is 71.7. The molecule has 3 rings (SSSR count). The number of nitrogens with one attached hydrogen (secondary N) is 1. The first-order valence-electron chi connectivity index (χ1n) is 45.7. The van der Waals surface area contributed by atoms with E-state index in [-0.39, 0.29) is 18.9 Å². The van der Waals surface area contributed by atoms with Crippen molar-refractivity contribution in [2.45, 2.75) is 420 Å². The number of aliphatic hydroxyl groups is 11. The summed E-state index contributed by atoms with van der Waals surface area (Å²) in [6.45, 7) is 1.61. The van der Waals surface area contributed by atoms with Gasteiger partial charge in [-0.15, -0.1) is 0 Å². The number of aliphatic hydroxyl groups excluding tert-OH is 11. The number of unbranched alkanes of at least 4 members (excludes halogenated alkanes) is 32. The first-order chi connectivity index (χ1) is 56.8. The lowest BCUT2D eigenvalue weighted by Gasteiger charge is -2.48. The van der Waals surface area contributed by atoms with Crippen LogP contribution in [0.25, 0.3) is 0 Å². The van der Waals surface area contributed by atoms with Crippen LogP contribution in [0.5, 0.6) is 0 Å². The van der Waals surface area contributed by atoms with Gasteiger partial charge in [-0.25, -0.2) is 0 Å². The van der Waals surface area contributed by atoms with Crippen molar-refractivity contribution in [1.29, 1.82) is 0 Å². The Morgan fingerprint density at radius 3 is 0.931 bits per heavy atom. The van der Waals surface area contributed by atoms with E-state index in [4.69, 9.17) is 28.4 Å². The molecule has 3 aliphatic rings. The summed E-state index contributed by atoms with van der Waals surface area (Å²) in [6.07, 6.45) is 83.9. The molecule has 116 heavy (non-hydrogen) atoms. The highest BCUT2D eigenvalue weighted by atomic mass is 16.8. The highest BCUT2D eigenvalue weighted by Gasteiger charge is 2.54. The molecule has 17 atom stereocenters. The van der Waals surface area contributed by atoms with E-state index < -0.39 is 124 Å². The maximum absolute atomic E-state index is 13.5. The van der Waals surface area contributed by atoms with Gasteiger partial charge in [0.15, 0.2) is 18.9 Å². The van der Waals surface area contributed by atoms with Gasteiger partial charge in [-0.2, -0.15) is 0 Å². The van der Waals surface area contributed by atoms with Gasteiger partial charge in [-0.1, -0.05) is 358 Å². The van der Waals surface area contributed by atoms with Crippen LogP contribution < -0.4 is 5.32 Å². The number of amides is 1. The van der Waals surface area contributed by atoms with Crippen LogP contribution in [-0.4, -0.2) is 193 Å². The largest absolute Gasteiger partial charge is 0.394 e. The number of carbonyl (C=O) groups excluding carboxylic acids is 1. The van der Waals surface area contributed by atoms with Gasteiger partial charge in [-0.05, 0) is 109 Å². The third-order valence-corrected chi connectivity index (χ3v) is 21.6. The normalized spacial score (nSPS) is 25.3. The zero-order valence-electron chi connectivity index (χ0n) is 71.7. The molecule has 19 heteroatoms. The summed E-state index contributed by atoms with van der Waals surface area (Å²) in [6, 6.07) is -1.01. The summed E-state index contributed by atoms with van der Waals surface area (Å²) < 4.78 is 34.5. The molecule has 0 bridgehead atoms. The van der Waals surface area contributed by atoms with Crippen LogP contribution in [0, 0.1) is 0 Å². The van der Waals surface area contributed by atoms with Crippen molar-refractivity contribution in [3.05, 3.63) is 158 Å². The third-order valence-electron chi connectivity index (χ3n) is 21.6. The lowest BCUT2D eigenvalue weighted by molar-refractivity contribution is -0.379. The lowest BCUT2D eigenvalue weighted by atomic mass is 9.96. The second kappa shape index (κ2) is 74.3. The maximum Gasteiger partial charge on any atom is 0.220 e. The number of allylic oxidation sites excluding steroid dienone is 25. The summed E-state index contributed by atoms with van der Waals surface area (Å²) in [5.41, 5.74) is 0. The Hall–Kier alpha value is -4.59. The molecule has 0 aromatic carbocycles. The van der Waals surface area contributed by atoms with Crippen LogP contribution in [0.15, 0.2) is 158 Å². The minimum Gasteiger partial charge on any atom is -0.394 e. The van der Waals surface area contributed by atoms with E-state index in [0.29, 0.717) is 6.42 Å². The van der Waals surface area contributed by atoms with Crippen molar-refractivity contribution in [1.82, 2.24) is 5.32 Å². The summed E-state index contributed by atoms with van der Waals surface area (Å²) in [4.78, 5) is 13.5. The van der Waals surface area contributed by atoms with Crippen LogP contribution >= 0.6 is 0 Å². The first-order valence-corrected chi connectivity index (χ1v) is 45.7. The fraction of sp³-hybridized carbons (Fsp3) is 0.722. The molecule has 3 saturated heterocycles. The van der Waals surface area contributed by atoms with E-state index in [1.807, 2.05) is 6.08 Å². The molecule has 0 saturated carbocycles. The van der Waals surface area contributed by atoms with Gasteiger partial charge < -0.3 is 89.9 Å². The van der Waals surface area contributed by atoms with E-state index in [9.17, 15) is 61.0 Å². The molecule has 3 aliphatic heterocycles. The molecule has 0 radical (unpaired) electrons. The minimum atomic E-state index is -1.99. The molecule has 0 aliphatic carbocycles. The molecule has 0 aromatic heterocycles. The molecule has 3 heterocycles. The monoisotopic (exact) mass is 1630 g/mol. The standard InChI is InChI=1S/C97H163NO18/c1-3-5-7-9-11-13-15-17-19-21-23-25-27-29-31-33-35-37-38-39-40-41-42-43-45-47-49-51-53-55-57-59-61-63-65-67-69-71-73-75-85(103)98-80(81(102)74-72-70-68-66-64-62-60-58-56-54-52-50-48-46-44-36-34-32-30-28-26-24-22-20-18-16-14-12-10-8-6-4-2)79-111-95-91(109)88(106)93(83(77-100)113-95)116-97-92(110)89(107)94(84(78-101)114-97)115-96-90(108)87(105)86(104)82(76-99)112-96/h5,7,11,13,17,19,23,25,29,31,35,37,39-40,42-43,47,49,53,55,59,61,65,67,72,74,80-84,86-97,99-102,104-110H,3-4,6,8-10,12,14-16,18,20-22,24,26-28,30,32-34,36,38,41,44-46,48,50-52,54,56-58,60,62-64,66,68-71,73,75-79H2,1-2H3,(H,98,103)/b7-5-,13-11-,19-17-,25-23-,31-29-,37-35-,40-39-,43-42-,49-47-,55-53-,61-59-,67-65-,74-72+. The topological polar surface area (TPSA) is 307 Å². The molecule has 17 unspecified atom stereocenters. The van der Waals surface area contributed by atoms with Crippen LogP contribution in [0.1, 0.15) is 316 Å². The maximum atomic E-state index is 13.5. The fourth-order valence-corrected chi connectivity index (χ4v) is 14.4. The van der Waals surface area contributed by atoms with Gasteiger partial charge in [0.2, 0.25) is 5.91 Å². The number of carbonyl (C=O) groups is 1. The van der Waals surface area contributed by atoms with Crippen molar-refractivity contribution in [2.75, 3.05) is 26.4 Å². The van der Waals surface area contributed by atoms with Gasteiger partial charge in [0.25, 0.3) is 0 Å². The summed E-state index contributed by atoms with van der Waals surface area (Å²) >= 11 is 0. The Balaban J connectivity index is 1.36. The van der Waals surface area contributed by atoms with Gasteiger partial charge in [0.05, 0.1) is 38.6 Å². The second-order valence-electron chi connectivity index (χ2n) is 31.7. The number of ether oxygens (including phenoxy) is 6. The summed E-state index contributed by atoms with van der Waals surface area (Å²) in [5.74, 6) is -0.321. The molecule has 19 nitrogen and oxygen atoms in total. The van der Waals surface area contributed by atoms with Crippen LogP contribution in [0.3, 0.4) is 0 Å². The van der Waals surface area contributed by atoms with Crippen molar-refractivity contribution < 1.29 is 89.4 Å². The predicted molar refractivity (Wildman–Crippen MR) is 470 cm³/mol.